The lowest BCUT2D eigenvalue weighted by atomic mass is 9.90. The van der Waals surface area contributed by atoms with E-state index in [0.29, 0.717) is 5.92 Å². The van der Waals surface area contributed by atoms with Gasteiger partial charge in [0.15, 0.2) is 0 Å². The Labute approximate surface area is 89.0 Å². The Morgan fingerprint density at radius 1 is 1.40 bits per heavy atom. The molecule has 0 spiro atoms. The fourth-order valence-corrected chi connectivity index (χ4v) is 1.98. The Morgan fingerprint density at radius 3 is 2.80 bits per heavy atom. The van der Waals surface area contributed by atoms with E-state index >= 15 is 0 Å². The lowest BCUT2D eigenvalue weighted by Gasteiger charge is -2.29. The molecule has 0 aliphatic carbocycles. The van der Waals surface area contributed by atoms with Crippen LogP contribution in [0, 0.1) is 5.92 Å². The average Bonchev–Trinajstić information content (AvgIpc) is 2.33. The van der Waals surface area contributed by atoms with Gasteiger partial charge in [0.1, 0.15) is 0 Å². The minimum Gasteiger partial charge on any atom is -0.381 e. The number of nitrogens with one attached hydrogen (secondary N) is 1. The number of hydrogen-bond acceptors (Lipinski definition) is 5. The van der Waals surface area contributed by atoms with Gasteiger partial charge in [0, 0.05) is 25.6 Å². The van der Waals surface area contributed by atoms with Gasteiger partial charge in [-0.2, -0.15) is 0 Å². The molecule has 0 saturated carbocycles. The van der Waals surface area contributed by atoms with Crippen molar-refractivity contribution in [2.75, 3.05) is 13.2 Å². The van der Waals surface area contributed by atoms with Crippen LogP contribution in [-0.2, 0) is 4.74 Å². The highest BCUT2D eigenvalue weighted by Gasteiger charge is 2.25. The first-order chi connectivity index (χ1) is 7.42. The van der Waals surface area contributed by atoms with Gasteiger partial charge in [-0.3, -0.25) is 21.2 Å². The maximum Gasteiger partial charge on any atom is 0.0772 e. The Morgan fingerprint density at radius 2 is 2.20 bits per heavy atom. The van der Waals surface area contributed by atoms with Crippen LogP contribution in [0.3, 0.4) is 0 Å². The van der Waals surface area contributed by atoms with Gasteiger partial charge in [0.25, 0.3) is 0 Å². The molecule has 15 heavy (non-hydrogen) atoms. The highest BCUT2D eigenvalue weighted by molar-refractivity contribution is 5.04. The summed E-state index contributed by atoms with van der Waals surface area (Å²) < 4.78 is 5.33. The zero-order valence-corrected chi connectivity index (χ0v) is 8.60. The molecule has 5 nitrogen and oxygen atoms in total. The third-order valence-electron chi connectivity index (χ3n) is 2.82. The second kappa shape index (κ2) is 5.16. The van der Waals surface area contributed by atoms with E-state index in [1.54, 1.807) is 18.6 Å². The van der Waals surface area contributed by atoms with Crippen molar-refractivity contribution in [2.24, 2.45) is 11.8 Å². The molecular weight excluding hydrogens is 192 g/mol. The minimum absolute atomic E-state index is 0.0857. The molecule has 1 unspecified atom stereocenters. The standard InChI is InChI=1S/C10H16N4O/c11-14-10(8-1-5-15-6-2-8)9-7-12-3-4-13-9/h3-4,7-8,10,14H,1-2,5-6,11H2. The summed E-state index contributed by atoms with van der Waals surface area (Å²) in [5.74, 6) is 6.06. The number of ether oxygens (including phenoxy) is 1. The molecule has 0 amide bonds. The zero-order chi connectivity index (χ0) is 10.5. The SMILES string of the molecule is NNC(c1cnccn1)C1CCOCC1. The molecule has 82 valence electrons. The van der Waals surface area contributed by atoms with Crippen LogP contribution >= 0.6 is 0 Å². The monoisotopic (exact) mass is 208 g/mol. The molecule has 5 heteroatoms. The smallest absolute Gasteiger partial charge is 0.0772 e. The van der Waals surface area contributed by atoms with Crippen molar-refractivity contribution in [3.63, 3.8) is 0 Å². The Balaban J connectivity index is 2.09. The first-order valence-electron chi connectivity index (χ1n) is 5.21. The van der Waals surface area contributed by atoms with Gasteiger partial charge in [-0.05, 0) is 18.8 Å². The first-order valence-corrected chi connectivity index (χ1v) is 5.21. The molecule has 1 aliphatic heterocycles. The van der Waals surface area contributed by atoms with Gasteiger partial charge < -0.3 is 4.74 Å². The summed E-state index contributed by atoms with van der Waals surface area (Å²) >= 11 is 0. The summed E-state index contributed by atoms with van der Waals surface area (Å²) in [6, 6.07) is 0.0857. The minimum atomic E-state index is 0.0857. The molecule has 2 rings (SSSR count). The second-order valence-corrected chi connectivity index (χ2v) is 3.72. The van der Waals surface area contributed by atoms with Crippen molar-refractivity contribution in [1.82, 2.24) is 15.4 Å². The van der Waals surface area contributed by atoms with Crippen LogP contribution in [0.25, 0.3) is 0 Å². The van der Waals surface area contributed by atoms with Crippen molar-refractivity contribution < 1.29 is 4.74 Å². The third-order valence-corrected chi connectivity index (χ3v) is 2.82. The summed E-state index contributed by atoms with van der Waals surface area (Å²) in [5, 5.41) is 0. The summed E-state index contributed by atoms with van der Waals surface area (Å²) in [6.07, 6.45) is 7.16. The van der Waals surface area contributed by atoms with Gasteiger partial charge in [-0.1, -0.05) is 0 Å². The van der Waals surface area contributed by atoms with Gasteiger partial charge in [0.05, 0.1) is 17.9 Å². The molecule has 0 radical (unpaired) electrons. The number of hydrogen-bond donors (Lipinski definition) is 2. The topological polar surface area (TPSA) is 73.1 Å². The van der Waals surface area contributed by atoms with Crippen LogP contribution in [0.5, 0.6) is 0 Å². The summed E-state index contributed by atoms with van der Waals surface area (Å²) in [6.45, 7) is 1.62. The van der Waals surface area contributed by atoms with Crippen molar-refractivity contribution in [3.8, 4) is 0 Å². The molecular formula is C10H16N4O. The quantitative estimate of drug-likeness (QED) is 0.556. The largest absolute Gasteiger partial charge is 0.381 e. The number of aromatic nitrogens is 2. The molecule has 0 bridgehead atoms. The molecule has 1 saturated heterocycles. The van der Waals surface area contributed by atoms with E-state index < -0.39 is 0 Å². The molecule has 0 aromatic carbocycles. The lowest BCUT2D eigenvalue weighted by Crippen LogP contribution is -2.36. The molecule has 1 aromatic heterocycles. The molecule has 1 aromatic rings. The van der Waals surface area contributed by atoms with E-state index in [1.807, 2.05) is 0 Å². The van der Waals surface area contributed by atoms with Gasteiger partial charge in [-0.15, -0.1) is 0 Å². The maximum absolute atomic E-state index is 5.58. The van der Waals surface area contributed by atoms with E-state index in [9.17, 15) is 0 Å². The van der Waals surface area contributed by atoms with Crippen molar-refractivity contribution >= 4 is 0 Å². The van der Waals surface area contributed by atoms with Crippen LogP contribution in [0.15, 0.2) is 18.6 Å². The molecule has 1 aliphatic rings. The van der Waals surface area contributed by atoms with E-state index in [-0.39, 0.29) is 6.04 Å². The highest BCUT2D eigenvalue weighted by atomic mass is 16.5. The summed E-state index contributed by atoms with van der Waals surface area (Å²) in [7, 11) is 0. The predicted octanol–water partition coefficient (Wildman–Crippen LogP) is 0.408. The first kappa shape index (κ1) is 10.5. The number of hydrazine groups is 1. The third kappa shape index (κ3) is 2.50. The van der Waals surface area contributed by atoms with Crippen molar-refractivity contribution in [2.45, 2.75) is 18.9 Å². The fourth-order valence-electron chi connectivity index (χ4n) is 1.98. The number of rotatable bonds is 3. The molecule has 1 atom stereocenters. The fraction of sp³-hybridized carbons (Fsp3) is 0.600. The van der Waals surface area contributed by atoms with Crippen LogP contribution < -0.4 is 11.3 Å². The highest BCUT2D eigenvalue weighted by Crippen LogP contribution is 2.27. The number of nitrogens with zero attached hydrogens (tertiary/aromatic N) is 2. The molecule has 3 N–H and O–H groups in total. The number of nitrogens with two attached hydrogens (primary N) is 1. The van der Waals surface area contributed by atoms with Gasteiger partial charge in [0.2, 0.25) is 0 Å². The Kier molecular flexibility index (Phi) is 3.60. The van der Waals surface area contributed by atoms with Gasteiger partial charge >= 0.3 is 0 Å². The van der Waals surface area contributed by atoms with Crippen LogP contribution in [-0.4, -0.2) is 23.2 Å². The normalized spacial score (nSPS) is 20.1. The molecule has 2 heterocycles. The van der Waals surface area contributed by atoms with E-state index in [4.69, 9.17) is 10.6 Å². The Bertz CT molecular complexity index is 287. The van der Waals surface area contributed by atoms with E-state index in [2.05, 4.69) is 15.4 Å². The van der Waals surface area contributed by atoms with Crippen molar-refractivity contribution in [3.05, 3.63) is 24.3 Å². The Hall–Kier alpha value is -1.04. The average molecular weight is 208 g/mol. The second-order valence-electron chi connectivity index (χ2n) is 3.72. The van der Waals surface area contributed by atoms with Gasteiger partial charge in [-0.25, -0.2) is 0 Å². The summed E-state index contributed by atoms with van der Waals surface area (Å²) in [5.41, 5.74) is 3.74. The van der Waals surface area contributed by atoms with Crippen LogP contribution in [0.2, 0.25) is 0 Å². The lowest BCUT2D eigenvalue weighted by molar-refractivity contribution is 0.0530. The molecule has 1 fully saturated rings. The van der Waals surface area contributed by atoms with Crippen molar-refractivity contribution in [1.29, 1.82) is 0 Å². The maximum atomic E-state index is 5.58. The van der Waals surface area contributed by atoms with Crippen LogP contribution in [0.1, 0.15) is 24.6 Å². The van der Waals surface area contributed by atoms with Crippen LogP contribution in [0.4, 0.5) is 0 Å². The summed E-state index contributed by atoms with van der Waals surface area (Å²) in [4.78, 5) is 8.34. The van der Waals surface area contributed by atoms with E-state index in [0.717, 1.165) is 31.7 Å². The van der Waals surface area contributed by atoms with E-state index in [1.165, 1.54) is 0 Å². The predicted molar refractivity (Wildman–Crippen MR) is 55.6 cm³/mol. The zero-order valence-electron chi connectivity index (χ0n) is 8.60.